The highest BCUT2D eigenvalue weighted by Crippen LogP contribution is 2.26. The van der Waals surface area contributed by atoms with Crippen molar-refractivity contribution in [2.24, 2.45) is 0 Å². The van der Waals surface area contributed by atoms with Crippen molar-refractivity contribution in [3.05, 3.63) is 59.7 Å². The molecule has 0 aromatic heterocycles. The van der Waals surface area contributed by atoms with Crippen molar-refractivity contribution in [1.29, 1.82) is 0 Å². The molecule has 1 saturated carbocycles. The summed E-state index contributed by atoms with van der Waals surface area (Å²) in [7, 11) is 0. The minimum absolute atomic E-state index is 0. The van der Waals surface area contributed by atoms with E-state index in [1.165, 1.54) is 12.8 Å². The summed E-state index contributed by atoms with van der Waals surface area (Å²) in [5, 5.41) is 2.93. The van der Waals surface area contributed by atoms with E-state index in [9.17, 15) is 4.79 Å². The van der Waals surface area contributed by atoms with Crippen molar-refractivity contribution in [2.75, 3.05) is 5.73 Å². The molecule has 1 amide bonds. The van der Waals surface area contributed by atoms with Crippen molar-refractivity contribution >= 4 is 24.0 Å². The smallest absolute Gasteiger partial charge is 0.251 e. The summed E-state index contributed by atoms with van der Waals surface area (Å²) < 4.78 is 6.09. The molecular formula is C19H23ClN2O2. The van der Waals surface area contributed by atoms with Crippen LogP contribution in [-0.2, 0) is 6.54 Å². The van der Waals surface area contributed by atoms with E-state index in [2.05, 4.69) is 5.32 Å². The Morgan fingerprint density at radius 1 is 1.12 bits per heavy atom. The van der Waals surface area contributed by atoms with Gasteiger partial charge in [-0.3, -0.25) is 4.79 Å². The number of nitrogens with one attached hydrogen (secondary N) is 1. The number of hydrogen-bond acceptors (Lipinski definition) is 3. The van der Waals surface area contributed by atoms with Crippen LogP contribution in [0.5, 0.6) is 5.75 Å². The molecule has 1 aliphatic carbocycles. The molecule has 1 fully saturated rings. The lowest BCUT2D eigenvalue weighted by atomic mass is 10.1. The highest BCUT2D eigenvalue weighted by atomic mass is 35.5. The van der Waals surface area contributed by atoms with E-state index in [1.807, 2.05) is 24.3 Å². The Morgan fingerprint density at radius 3 is 2.62 bits per heavy atom. The first-order valence-electron chi connectivity index (χ1n) is 8.10. The summed E-state index contributed by atoms with van der Waals surface area (Å²) in [6.07, 6.45) is 5.01. The number of carbonyl (C=O) groups is 1. The Kier molecular flexibility index (Phi) is 6.50. The van der Waals surface area contributed by atoms with Crippen molar-refractivity contribution < 1.29 is 9.53 Å². The largest absolute Gasteiger partial charge is 0.490 e. The second-order valence-corrected chi connectivity index (χ2v) is 5.94. The summed E-state index contributed by atoms with van der Waals surface area (Å²) in [5.41, 5.74) is 7.87. The maximum absolute atomic E-state index is 12.2. The summed E-state index contributed by atoms with van der Waals surface area (Å²) in [4.78, 5) is 12.2. The van der Waals surface area contributed by atoms with Crippen LogP contribution < -0.4 is 15.8 Å². The van der Waals surface area contributed by atoms with E-state index < -0.39 is 0 Å². The average Bonchev–Trinajstić information content (AvgIpc) is 3.07. The molecule has 0 aliphatic heterocycles. The Labute approximate surface area is 148 Å². The first kappa shape index (κ1) is 18.1. The lowest BCUT2D eigenvalue weighted by molar-refractivity contribution is 0.0950. The van der Waals surface area contributed by atoms with E-state index >= 15 is 0 Å². The molecule has 3 N–H and O–H groups in total. The Balaban J connectivity index is 0.00000208. The SMILES string of the molecule is Cl.Nc1cccc(C(=O)NCc2ccccc2OC2CCCC2)c1. The number of amides is 1. The molecule has 5 heteroatoms. The number of benzene rings is 2. The zero-order valence-electron chi connectivity index (χ0n) is 13.5. The first-order chi connectivity index (χ1) is 11.2. The van der Waals surface area contributed by atoms with Crippen LogP contribution in [0.15, 0.2) is 48.5 Å². The lowest BCUT2D eigenvalue weighted by Gasteiger charge is -2.16. The fourth-order valence-corrected chi connectivity index (χ4v) is 2.91. The maximum atomic E-state index is 12.2. The molecular weight excluding hydrogens is 324 g/mol. The third kappa shape index (κ3) is 4.65. The molecule has 1 aliphatic rings. The monoisotopic (exact) mass is 346 g/mol. The van der Waals surface area contributed by atoms with Gasteiger partial charge in [0.2, 0.25) is 0 Å². The van der Waals surface area contributed by atoms with Gasteiger partial charge < -0.3 is 15.8 Å². The minimum atomic E-state index is -0.132. The molecule has 0 bridgehead atoms. The van der Waals surface area contributed by atoms with E-state index in [0.717, 1.165) is 24.2 Å². The number of nitrogens with two attached hydrogens (primary N) is 1. The standard InChI is InChI=1S/C19H22N2O2.ClH/c20-16-8-5-7-14(12-16)19(22)21-13-15-6-1-4-11-18(15)23-17-9-2-3-10-17;/h1,4-8,11-12,17H,2-3,9-10,13,20H2,(H,21,22);1H. The first-order valence-corrected chi connectivity index (χ1v) is 8.10. The Bertz CT molecular complexity index is 685. The quantitative estimate of drug-likeness (QED) is 0.806. The van der Waals surface area contributed by atoms with Gasteiger partial charge in [0.15, 0.2) is 0 Å². The van der Waals surface area contributed by atoms with Crippen molar-refractivity contribution in [2.45, 2.75) is 38.3 Å². The van der Waals surface area contributed by atoms with Crippen LogP contribution in [0.2, 0.25) is 0 Å². The number of ether oxygens (including phenoxy) is 1. The third-order valence-electron chi connectivity index (χ3n) is 4.16. The van der Waals surface area contributed by atoms with Crippen LogP contribution in [0, 0.1) is 0 Å². The van der Waals surface area contributed by atoms with Crippen LogP contribution in [0.4, 0.5) is 5.69 Å². The van der Waals surface area contributed by atoms with Crippen LogP contribution in [0.1, 0.15) is 41.6 Å². The van der Waals surface area contributed by atoms with Crippen LogP contribution in [0.25, 0.3) is 0 Å². The van der Waals surface area contributed by atoms with E-state index in [4.69, 9.17) is 10.5 Å². The van der Waals surface area contributed by atoms with Crippen molar-refractivity contribution in [3.8, 4) is 5.75 Å². The molecule has 0 spiro atoms. The molecule has 4 nitrogen and oxygen atoms in total. The number of rotatable bonds is 5. The molecule has 3 rings (SSSR count). The maximum Gasteiger partial charge on any atom is 0.251 e. The van der Waals surface area contributed by atoms with E-state index in [-0.39, 0.29) is 18.3 Å². The minimum Gasteiger partial charge on any atom is -0.490 e. The number of para-hydroxylation sites is 1. The number of halogens is 1. The van der Waals surface area contributed by atoms with Gasteiger partial charge in [-0.25, -0.2) is 0 Å². The van der Waals surface area contributed by atoms with Crippen molar-refractivity contribution in [3.63, 3.8) is 0 Å². The normalized spacial score (nSPS) is 14.0. The van der Waals surface area contributed by atoms with Gasteiger partial charge in [0.25, 0.3) is 5.91 Å². The molecule has 2 aromatic carbocycles. The van der Waals surface area contributed by atoms with Crippen LogP contribution in [0.3, 0.4) is 0 Å². The molecule has 0 atom stereocenters. The fraction of sp³-hybridized carbons (Fsp3) is 0.316. The fourth-order valence-electron chi connectivity index (χ4n) is 2.91. The van der Waals surface area contributed by atoms with Crippen LogP contribution >= 0.6 is 12.4 Å². The Hall–Kier alpha value is -2.20. The van der Waals surface area contributed by atoms with Crippen LogP contribution in [-0.4, -0.2) is 12.0 Å². The molecule has 0 radical (unpaired) electrons. The molecule has 24 heavy (non-hydrogen) atoms. The molecule has 0 saturated heterocycles. The molecule has 0 heterocycles. The Morgan fingerprint density at radius 2 is 1.88 bits per heavy atom. The summed E-state index contributed by atoms with van der Waals surface area (Å²) in [6, 6.07) is 14.9. The number of hydrogen-bond donors (Lipinski definition) is 2. The molecule has 0 unspecified atom stereocenters. The van der Waals surface area contributed by atoms with Gasteiger partial charge in [-0.1, -0.05) is 24.3 Å². The van der Waals surface area contributed by atoms with Gasteiger partial charge in [0, 0.05) is 23.4 Å². The van der Waals surface area contributed by atoms with E-state index in [0.29, 0.717) is 23.9 Å². The zero-order chi connectivity index (χ0) is 16.1. The third-order valence-corrected chi connectivity index (χ3v) is 4.16. The second kappa shape index (κ2) is 8.60. The summed E-state index contributed by atoms with van der Waals surface area (Å²) in [5.74, 6) is 0.736. The highest BCUT2D eigenvalue weighted by Gasteiger charge is 2.18. The topological polar surface area (TPSA) is 64.4 Å². The van der Waals surface area contributed by atoms with Gasteiger partial charge >= 0.3 is 0 Å². The number of carbonyl (C=O) groups excluding carboxylic acids is 1. The van der Waals surface area contributed by atoms with Gasteiger partial charge in [0.1, 0.15) is 5.75 Å². The highest BCUT2D eigenvalue weighted by molar-refractivity contribution is 5.94. The molecule has 128 valence electrons. The van der Waals surface area contributed by atoms with Gasteiger partial charge in [0.05, 0.1) is 6.10 Å². The number of nitrogen functional groups attached to an aromatic ring is 1. The lowest BCUT2D eigenvalue weighted by Crippen LogP contribution is -2.23. The van der Waals surface area contributed by atoms with Gasteiger partial charge in [-0.2, -0.15) is 0 Å². The van der Waals surface area contributed by atoms with Gasteiger partial charge in [-0.15, -0.1) is 12.4 Å². The number of anilines is 1. The predicted octanol–water partition coefficient (Wildman–Crippen LogP) is 3.94. The van der Waals surface area contributed by atoms with E-state index in [1.54, 1.807) is 24.3 Å². The second-order valence-electron chi connectivity index (χ2n) is 5.94. The zero-order valence-corrected chi connectivity index (χ0v) is 14.4. The summed E-state index contributed by atoms with van der Waals surface area (Å²) in [6.45, 7) is 0.441. The summed E-state index contributed by atoms with van der Waals surface area (Å²) >= 11 is 0. The average molecular weight is 347 g/mol. The van der Waals surface area contributed by atoms with Crippen molar-refractivity contribution in [1.82, 2.24) is 5.32 Å². The predicted molar refractivity (Wildman–Crippen MR) is 98.6 cm³/mol. The van der Waals surface area contributed by atoms with Gasteiger partial charge in [-0.05, 0) is 49.9 Å². The molecule has 2 aromatic rings.